The first-order chi connectivity index (χ1) is 8.59. The van der Waals surface area contributed by atoms with Crippen LogP contribution in [0, 0.1) is 0 Å². The second-order valence-corrected chi connectivity index (χ2v) is 5.66. The lowest BCUT2D eigenvalue weighted by atomic mass is 10.0. The summed E-state index contributed by atoms with van der Waals surface area (Å²) in [4.78, 5) is 2.46. The average Bonchev–Trinajstić information content (AvgIpc) is 2.33. The van der Waals surface area contributed by atoms with Gasteiger partial charge in [0.15, 0.2) is 0 Å². The van der Waals surface area contributed by atoms with Crippen LogP contribution in [0.2, 0.25) is 5.02 Å². The van der Waals surface area contributed by atoms with E-state index in [9.17, 15) is 0 Å². The maximum absolute atomic E-state index is 6.05. The van der Waals surface area contributed by atoms with Crippen LogP contribution in [-0.2, 0) is 0 Å². The molecule has 4 heteroatoms. The summed E-state index contributed by atoms with van der Waals surface area (Å²) in [7, 11) is 0. The lowest BCUT2D eigenvalue weighted by molar-refractivity contribution is 0.0744. The Morgan fingerprint density at radius 3 is 2.89 bits per heavy atom. The standard InChI is InChI=1S/C14H21ClN2O/c1-14(2)11-16-7-8-17(14)9-10-18-13-6-4-3-5-12(13)15/h3-6,16H,7-11H2,1-2H3. The van der Waals surface area contributed by atoms with E-state index in [4.69, 9.17) is 16.3 Å². The van der Waals surface area contributed by atoms with Gasteiger partial charge < -0.3 is 10.1 Å². The van der Waals surface area contributed by atoms with Gasteiger partial charge in [0.2, 0.25) is 0 Å². The highest BCUT2D eigenvalue weighted by atomic mass is 35.5. The molecule has 0 spiro atoms. The Kier molecular flexibility index (Phi) is 4.49. The molecule has 3 nitrogen and oxygen atoms in total. The zero-order chi connectivity index (χ0) is 13.0. The minimum absolute atomic E-state index is 0.197. The van der Waals surface area contributed by atoms with Crippen LogP contribution in [0.25, 0.3) is 0 Å². The number of nitrogens with zero attached hydrogens (tertiary/aromatic N) is 1. The average molecular weight is 269 g/mol. The van der Waals surface area contributed by atoms with Crippen molar-refractivity contribution >= 4 is 11.6 Å². The van der Waals surface area contributed by atoms with E-state index in [1.165, 1.54) is 0 Å². The van der Waals surface area contributed by atoms with E-state index in [1.807, 2.05) is 24.3 Å². The quantitative estimate of drug-likeness (QED) is 0.908. The monoisotopic (exact) mass is 268 g/mol. The van der Waals surface area contributed by atoms with Crippen LogP contribution in [0.5, 0.6) is 5.75 Å². The zero-order valence-corrected chi connectivity index (χ0v) is 11.8. The molecule has 1 fully saturated rings. The summed E-state index contributed by atoms with van der Waals surface area (Å²) >= 11 is 6.05. The molecule has 0 aliphatic carbocycles. The molecule has 1 aromatic carbocycles. The molecular weight excluding hydrogens is 248 g/mol. The smallest absolute Gasteiger partial charge is 0.137 e. The van der Waals surface area contributed by atoms with Gasteiger partial charge in [0.05, 0.1) is 5.02 Å². The number of para-hydroxylation sites is 1. The molecule has 0 radical (unpaired) electrons. The van der Waals surface area contributed by atoms with Crippen LogP contribution in [0.1, 0.15) is 13.8 Å². The molecule has 1 aliphatic rings. The van der Waals surface area contributed by atoms with Crippen molar-refractivity contribution < 1.29 is 4.74 Å². The lowest BCUT2D eigenvalue weighted by Crippen LogP contribution is -2.58. The molecule has 0 bridgehead atoms. The van der Waals surface area contributed by atoms with E-state index in [0.717, 1.165) is 31.9 Å². The van der Waals surface area contributed by atoms with Gasteiger partial charge in [-0.25, -0.2) is 0 Å². The van der Waals surface area contributed by atoms with Crippen molar-refractivity contribution in [3.63, 3.8) is 0 Å². The molecule has 2 rings (SSSR count). The van der Waals surface area contributed by atoms with Gasteiger partial charge >= 0.3 is 0 Å². The van der Waals surface area contributed by atoms with Crippen molar-refractivity contribution in [3.8, 4) is 5.75 Å². The second-order valence-electron chi connectivity index (χ2n) is 5.26. The molecule has 0 aromatic heterocycles. The van der Waals surface area contributed by atoms with Crippen molar-refractivity contribution in [1.29, 1.82) is 0 Å². The number of nitrogens with one attached hydrogen (secondary N) is 1. The maximum Gasteiger partial charge on any atom is 0.137 e. The molecule has 1 aliphatic heterocycles. The van der Waals surface area contributed by atoms with Crippen molar-refractivity contribution in [2.45, 2.75) is 19.4 Å². The number of piperazine rings is 1. The number of benzene rings is 1. The zero-order valence-electron chi connectivity index (χ0n) is 11.1. The van der Waals surface area contributed by atoms with Crippen LogP contribution in [0.3, 0.4) is 0 Å². The van der Waals surface area contributed by atoms with Crippen molar-refractivity contribution in [3.05, 3.63) is 29.3 Å². The Hall–Kier alpha value is -0.770. The molecule has 1 N–H and O–H groups in total. The summed E-state index contributed by atoms with van der Waals surface area (Å²) in [6, 6.07) is 7.61. The Morgan fingerprint density at radius 1 is 1.39 bits per heavy atom. The van der Waals surface area contributed by atoms with Gasteiger partial charge in [-0.3, -0.25) is 4.90 Å². The summed E-state index contributed by atoms with van der Waals surface area (Å²) in [5.74, 6) is 0.770. The first kappa shape index (κ1) is 13.7. The SMILES string of the molecule is CC1(C)CNCCN1CCOc1ccccc1Cl. The fraction of sp³-hybridized carbons (Fsp3) is 0.571. The van der Waals surface area contributed by atoms with E-state index in [1.54, 1.807) is 0 Å². The fourth-order valence-electron chi connectivity index (χ4n) is 2.26. The van der Waals surface area contributed by atoms with E-state index < -0.39 is 0 Å². The van der Waals surface area contributed by atoms with Crippen LogP contribution >= 0.6 is 11.6 Å². The van der Waals surface area contributed by atoms with Gasteiger partial charge in [0.25, 0.3) is 0 Å². The summed E-state index contributed by atoms with van der Waals surface area (Å²) in [5, 5.41) is 4.10. The predicted octanol–water partition coefficient (Wildman–Crippen LogP) is 2.40. The number of rotatable bonds is 4. The highest BCUT2D eigenvalue weighted by molar-refractivity contribution is 6.32. The molecule has 1 saturated heterocycles. The number of hydrogen-bond acceptors (Lipinski definition) is 3. The molecular formula is C14H21ClN2O. The van der Waals surface area contributed by atoms with Crippen molar-refractivity contribution in [2.75, 3.05) is 32.8 Å². The number of ether oxygens (including phenoxy) is 1. The van der Waals surface area contributed by atoms with Gasteiger partial charge in [-0.2, -0.15) is 0 Å². The van der Waals surface area contributed by atoms with Crippen LogP contribution in [-0.4, -0.2) is 43.2 Å². The van der Waals surface area contributed by atoms with Crippen LogP contribution in [0.4, 0.5) is 0 Å². The van der Waals surface area contributed by atoms with E-state index in [-0.39, 0.29) is 5.54 Å². The van der Waals surface area contributed by atoms with E-state index in [0.29, 0.717) is 11.6 Å². The highest BCUT2D eigenvalue weighted by Crippen LogP contribution is 2.23. The predicted molar refractivity (Wildman–Crippen MR) is 75.5 cm³/mol. The minimum atomic E-state index is 0.197. The molecule has 0 unspecified atom stereocenters. The van der Waals surface area contributed by atoms with E-state index >= 15 is 0 Å². The lowest BCUT2D eigenvalue weighted by Gasteiger charge is -2.42. The summed E-state index contributed by atoms with van der Waals surface area (Å²) < 4.78 is 5.74. The van der Waals surface area contributed by atoms with Gasteiger partial charge in [-0.1, -0.05) is 23.7 Å². The molecule has 1 aromatic rings. The molecule has 0 atom stereocenters. The maximum atomic E-state index is 6.05. The summed E-state index contributed by atoms with van der Waals surface area (Å²) in [6.45, 7) is 9.27. The largest absolute Gasteiger partial charge is 0.491 e. The topological polar surface area (TPSA) is 24.5 Å². The van der Waals surface area contributed by atoms with Crippen molar-refractivity contribution in [1.82, 2.24) is 10.2 Å². The first-order valence-corrected chi connectivity index (χ1v) is 6.80. The molecule has 0 saturated carbocycles. The third kappa shape index (κ3) is 3.37. The minimum Gasteiger partial charge on any atom is -0.491 e. The Morgan fingerprint density at radius 2 is 2.17 bits per heavy atom. The van der Waals surface area contributed by atoms with Crippen LogP contribution in [0.15, 0.2) is 24.3 Å². The normalized spacial score (nSPS) is 19.7. The van der Waals surface area contributed by atoms with Crippen molar-refractivity contribution in [2.24, 2.45) is 0 Å². The molecule has 1 heterocycles. The molecule has 100 valence electrons. The first-order valence-electron chi connectivity index (χ1n) is 6.43. The van der Waals surface area contributed by atoms with Gasteiger partial charge in [-0.05, 0) is 26.0 Å². The highest BCUT2D eigenvalue weighted by Gasteiger charge is 2.28. The third-order valence-corrected chi connectivity index (χ3v) is 3.74. The third-order valence-electron chi connectivity index (χ3n) is 3.43. The van der Waals surface area contributed by atoms with Gasteiger partial charge in [-0.15, -0.1) is 0 Å². The Labute approximate surface area is 114 Å². The summed E-state index contributed by atoms with van der Waals surface area (Å²) in [5.41, 5.74) is 0.197. The fourth-order valence-corrected chi connectivity index (χ4v) is 2.46. The molecule has 18 heavy (non-hydrogen) atoms. The summed E-state index contributed by atoms with van der Waals surface area (Å²) in [6.07, 6.45) is 0. The Balaban J connectivity index is 1.83. The molecule has 0 amide bonds. The van der Waals surface area contributed by atoms with Gasteiger partial charge in [0.1, 0.15) is 12.4 Å². The number of hydrogen-bond donors (Lipinski definition) is 1. The van der Waals surface area contributed by atoms with E-state index in [2.05, 4.69) is 24.1 Å². The Bertz CT molecular complexity index is 395. The number of halogens is 1. The van der Waals surface area contributed by atoms with Crippen LogP contribution < -0.4 is 10.1 Å². The van der Waals surface area contributed by atoms with Gasteiger partial charge in [0, 0.05) is 31.7 Å². The second kappa shape index (κ2) is 5.91.